The molecule has 0 radical (unpaired) electrons. The van der Waals surface area contributed by atoms with Crippen molar-refractivity contribution in [3.63, 3.8) is 0 Å². The van der Waals surface area contributed by atoms with Gasteiger partial charge in [0.25, 0.3) is 5.91 Å². The number of carbonyl (C=O) groups excluding carboxylic acids is 1. The van der Waals surface area contributed by atoms with E-state index in [1.54, 1.807) is 12.1 Å². The predicted molar refractivity (Wildman–Crippen MR) is 73.5 cm³/mol. The van der Waals surface area contributed by atoms with Crippen LogP contribution in [0.4, 0.5) is 11.5 Å². The summed E-state index contributed by atoms with van der Waals surface area (Å²) in [6.07, 6.45) is 2.94. The molecule has 5 nitrogen and oxygen atoms in total. The fourth-order valence-corrected chi connectivity index (χ4v) is 1.62. The van der Waals surface area contributed by atoms with Crippen LogP contribution in [0, 0.1) is 0 Å². The molecule has 1 aromatic heterocycles. The van der Waals surface area contributed by atoms with Gasteiger partial charge in [0.1, 0.15) is 4.60 Å². The van der Waals surface area contributed by atoms with Crippen LogP contribution in [0.2, 0.25) is 5.02 Å². The van der Waals surface area contributed by atoms with Crippen LogP contribution in [-0.2, 0) is 0 Å². The number of amides is 1. The van der Waals surface area contributed by atoms with E-state index >= 15 is 0 Å². The molecule has 2 aromatic rings. The third-order valence-corrected chi connectivity index (χ3v) is 2.86. The summed E-state index contributed by atoms with van der Waals surface area (Å²) in [6, 6.07) is 4.66. The summed E-state index contributed by atoms with van der Waals surface area (Å²) in [7, 11) is 0. The zero-order valence-corrected chi connectivity index (χ0v) is 11.4. The Balaban J connectivity index is 2.16. The van der Waals surface area contributed by atoms with E-state index in [2.05, 4.69) is 31.2 Å². The van der Waals surface area contributed by atoms with Crippen molar-refractivity contribution in [2.24, 2.45) is 0 Å². The van der Waals surface area contributed by atoms with Crippen molar-refractivity contribution in [1.29, 1.82) is 0 Å². The summed E-state index contributed by atoms with van der Waals surface area (Å²) in [6.45, 7) is 0. The van der Waals surface area contributed by atoms with E-state index in [-0.39, 0.29) is 5.91 Å². The average Bonchev–Trinajstić information content (AvgIpc) is 2.35. The van der Waals surface area contributed by atoms with E-state index in [1.807, 2.05) is 0 Å². The molecule has 92 valence electrons. The highest BCUT2D eigenvalue weighted by molar-refractivity contribution is 9.10. The summed E-state index contributed by atoms with van der Waals surface area (Å²) >= 11 is 9.00. The Morgan fingerprint density at radius 1 is 1.33 bits per heavy atom. The molecule has 0 saturated carbocycles. The highest BCUT2D eigenvalue weighted by atomic mass is 79.9. The van der Waals surface area contributed by atoms with E-state index in [1.165, 1.54) is 18.5 Å². The Labute approximate surface area is 117 Å². The Morgan fingerprint density at radius 3 is 2.72 bits per heavy atom. The number of hydrogen-bond donors (Lipinski definition) is 2. The minimum absolute atomic E-state index is 0.325. The molecule has 0 aliphatic heterocycles. The van der Waals surface area contributed by atoms with E-state index in [9.17, 15) is 4.79 Å². The molecule has 1 aromatic carbocycles. The van der Waals surface area contributed by atoms with Crippen LogP contribution in [0.1, 0.15) is 10.4 Å². The Hall–Kier alpha value is -1.66. The summed E-state index contributed by atoms with van der Waals surface area (Å²) in [5, 5.41) is 2.94. The SMILES string of the molecule is Nc1ccc(C(=O)Nc2cnc(Br)cn2)cc1Cl. The number of benzene rings is 1. The van der Waals surface area contributed by atoms with Gasteiger partial charge in [0, 0.05) is 5.56 Å². The minimum atomic E-state index is -0.325. The molecule has 0 unspecified atom stereocenters. The zero-order chi connectivity index (χ0) is 13.1. The molecule has 0 aliphatic rings. The molecule has 0 atom stereocenters. The average molecular weight is 328 g/mol. The standard InChI is InChI=1S/C11H8BrClN4O/c12-9-4-16-10(5-15-9)17-11(18)6-1-2-8(14)7(13)3-6/h1-5H,14H2,(H,16,17,18). The highest BCUT2D eigenvalue weighted by Gasteiger charge is 2.08. The van der Waals surface area contributed by atoms with Gasteiger partial charge in [-0.25, -0.2) is 9.97 Å². The molecule has 1 heterocycles. The number of nitrogens with one attached hydrogen (secondary N) is 1. The fourth-order valence-electron chi connectivity index (χ4n) is 1.23. The molecule has 1 amide bonds. The van der Waals surface area contributed by atoms with Gasteiger partial charge in [-0.3, -0.25) is 4.79 Å². The second-order valence-electron chi connectivity index (χ2n) is 3.41. The second kappa shape index (κ2) is 5.32. The number of nitrogen functional groups attached to an aromatic ring is 1. The molecule has 0 spiro atoms. The maximum atomic E-state index is 11.9. The first-order valence-corrected chi connectivity index (χ1v) is 6.07. The van der Waals surface area contributed by atoms with Crippen LogP contribution in [0.25, 0.3) is 0 Å². The third kappa shape index (κ3) is 2.96. The predicted octanol–water partition coefficient (Wildman–Crippen LogP) is 2.73. The first kappa shape index (κ1) is 12.8. The molecule has 3 N–H and O–H groups in total. The van der Waals surface area contributed by atoms with Crippen LogP contribution in [-0.4, -0.2) is 15.9 Å². The van der Waals surface area contributed by atoms with Crippen LogP contribution < -0.4 is 11.1 Å². The molecular formula is C11H8BrClN4O. The van der Waals surface area contributed by atoms with Crippen LogP contribution >= 0.6 is 27.5 Å². The van der Waals surface area contributed by atoms with Crippen molar-refractivity contribution in [3.05, 3.63) is 45.8 Å². The summed E-state index contributed by atoms with van der Waals surface area (Å²) in [4.78, 5) is 19.8. The topological polar surface area (TPSA) is 80.9 Å². The third-order valence-electron chi connectivity index (χ3n) is 2.12. The second-order valence-corrected chi connectivity index (χ2v) is 4.63. The summed E-state index contributed by atoms with van der Waals surface area (Å²) in [5.74, 6) is 0.0321. The number of aromatic nitrogens is 2. The lowest BCUT2D eigenvalue weighted by Crippen LogP contribution is -2.13. The fraction of sp³-hybridized carbons (Fsp3) is 0. The van der Waals surface area contributed by atoms with Crippen LogP contribution in [0.5, 0.6) is 0 Å². The van der Waals surface area contributed by atoms with E-state index < -0.39 is 0 Å². The molecule has 7 heteroatoms. The smallest absolute Gasteiger partial charge is 0.256 e. The van der Waals surface area contributed by atoms with Gasteiger partial charge in [-0.15, -0.1) is 0 Å². The lowest BCUT2D eigenvalue weighted by Gasteiger charge is -2.05. The van der Waals surface area contributed by atoms with Gasteiger partial charge < -0.3 is 11.1 Å². The molecular weight excluding hydrogens is 320 g/mol. The summed E-state index contributed by atoms with van der Waals surface area (Å²) in [5.41, 5.74) is 6.40. The molecule has 0 aliphatic carbocycles. The van der Waals surface area contributed by atoms with Crippen molar-refractivity contribution in [1.82, 2.24) is 9.97 Å². The summed E-state index contributed by atoms with van der Waals surface area (Å²) < 4.78 is 0.594. The van der Waals surface area contributed by atoms with Gasteiger partial charge in [-0.05, 0) is 34.1 Å². The Morgan fingerprint density at radius 2 is 2.11 bits per heavy atom. The number of anilines is 2. The van der Waals surface area contributed by atoms with Crippen molar-refractivity contribution in [2.45, 2.75) is 0 Å². The highest BCUT2D eigenvalue weighted by Crippen LogP contribution is 2.20. The van der Waals surface area contributed by atoms with Gasteiger partial charge in [-0.1, -0.05) is 11.6 Å². The molecule has 2 rings (SSSR count). The van der Waals surface area contributed by atoms with Crippen LogP contribution in [0.3, 0.4) is 0 Å². The molecule has 18 heavy (non-hydrogen) atoms. The number of halogens is 2. The van der Waals surface area contributed by atoms with Crippen molar-refractivity contribution in [3.8, 4) is 0 Å². The number of carbonyl (C=O) groups is 1. The first-order chi connectivity index (χ1) is 8.56. The van der Waals surface area contributed by atoms with Gasteiger partial charge in [0.15, 0.2) is 5.82 Å². The van der Waals surface area contributed by atoms with Gasteiger partial charge in [0.05, 0.1) is 23.1 Å². The molecule has 0 saturated heterocycles. The maximum Gasteiger partial charge on any atom is 0.256 e. The normalized spacial score (nSPS) is 10.1. The molecule has 0 bridgehead atoms. The van der Waals surface area contributed by atoms with E-state index in [4.69, 9.17) is 17.3 Å². The number of nitrogens with two attached hydrogens (primary N) is 1. The lowest BCUT2D eigenvalue weighted by atomic mass is 10.2. The van der Waals surface area contributed by atoms with Crippen molar-refractivity contribution in [2.75, 3.05) is 11.1 Å². The van der Waals surface area contributed by atoms with Crippen molar-refractivity contribution < 1.29 is 4.79 Å². The zero-order valence-electron chi connectivity index (χ0n) is 9.02. The van der Waals surface area contributed by atoms with Crippen LogP contribution in [0.15, 0.2) is 35.2 Å². The minimum Gasteiger partial charge on any atom is -0.398 e. The Bertz CT molecular complexity index is 588. The van der Waals surface area contributed by atoms with E-state index in [0.29, 0.717) is 26.7 Å². The number of hydrogen-bond acceptors (Lipinski definition) is 4. The van der Waals surface area contributed by atoms with Gasteiger partial charge in [-0.2, -0.15) is 0 Å². The number of rotatable bonds is 2. The van der Waals surface area contributed by atoms with Gasteiger partial charge >= 0.3 is 0 Å². The quantitative estimate of drug-likeness (QED) is 0.831. The van der Waals surface area contributed by atoms with Crippen molar-refractivity contribution >= 4 is 44.9 Å². The number of nitrogens with zero attached hydrogens (tertiary/aromatic N) is 2. The van der Waals surface area contributed by atoms with Gasteiger partial charge in [0.2, 0.25) is 0 Å². The van der Waals surface area contributed by atoms with E-state index in [0.717, 1.165) is 0 Å². The maximum absolute atomic E-state index is 11.9. The monoisotopic (exact) mass is 326 g/mol. The Kier molecular flexibility index (Phi) is 3.78. The largest absolute Gasteiger partial charge is 0.398 e. The first-order valence-electron chi connectivity index (χ1n) is 4.90. The lowest BCUT2D eigenvalue weighted by molar-refractivity contribution is 0.102. The molecule has 0 fully saturated rings.